The molecule has 1 aromatic rings. The van der Waals surface area contributed by atoms with Gasteiger partial charge in [0.1, 0.15) is 13.2 Å². The van der Waals surface area contributed by atoms with Gasteiger partial charge in [-0.1, -0.05) is 6.42 Å². The number of anilines is 1. The third kappa shape index (κ3) is 2.92. The van der Waals surface area contributed by atoms with Gasteiger partial charge in [-0.05, 0) is 30.9 Å². The van der Waals surface area contributed by atoms with Gasteiger partial charge in [0.25, 0.3) is 0 Å². The first-order chi connectivity index (χ1) is 11.7. The number of benzene rings is 1. The van der Waals surface area contributed by atoms with Crippen molar-refractivity contribution in [3.8, 4) is 11.5 Å². The largest absolute Gasteiger partial charge is 0.486 e. The highest BCUT2D eigenvalue weighted by Crippen LogP contribution is 2.36. The lowest BCUT2D eigenvalue weighted by Gasteiger charge is -2.26. The van der Waals surface area contributed by atoms with Gasteiger partial charge in [-0.2, -0.15) is 0 Å². The summed E-state index contributed by atoms with van der Waals surface area (Å²) in [7, 11) is 0. The summed E-state index contributed by atoms with van der Waals surface area (Å²) in [5, 5.41) is 3.01. The molecule has 2 heterocycles. The summed E-state index contributed by atoms with van der Waals surface area (Å²) >= 11 is 0. The van der Waals surface area contributed by atoms with Crippen LogP contribution in [0.2, 0.25) is 0 Å². The van der Waals surface area contributed by atoms with Gasteiger partial charge in [-0.15, -0.1) is 0 Å². The van der Waals surface area contributed by atoms with Gasteiger partial charge in [-0.25, -0.2) is 0 Å². The average molecular weight is 330 g/mol. The fourth-order valence-corrected chi connectivity index (χ4v) is 3.42. The second-order valence-electron chi connectivity index (χ2n) is 6.78. The molecule has 24 heavy (non-hydrogen) atoms. The van der Waals surface area contributed by atoms with Gasteiger partial charge >= 0.3 is 0 Å². The van der Waals surface area contributed by atoms with Crippen LogP contribution in [0.3, 0.4) is 0 Å². The number of fused-ring (bicyclic) bond motifs is 1. The van der Waals surface area contributed by atoms with E-state index in [1.165, 1.54) is 19.3 Å². The molecule has 1 saturated heterocycles. The van der Waals surface area contributed by atoms with Crippen LogP contribution in [0.4, 0.5) is 5.69 Å². The van der Waals surface area contributed by atoms with Crippen molar-refractivity contribution in [2.45, 2.75) is 25.7 Å². The van der Waals surface area contributed by atoms with Crippen LogP contribution in [0.15, 0.2) is 18.2 Å². The van der Waals surface area contributed by atoms with E-state index in [0.29, 0.717) is 37.2 Å². The maximum absolute atomic E-state index is 12.3. The van der Waals surface area contributed by atoms with Crippen molar-refractivity contribution in [3.63, 3.8) is 0 Å². The Morgan fingerprint density at radius 2 is 2.00 bits per heavy atom. The highest BCUT2D eigenvalue weighted by atomic mass is 16.6. The Kier molecular flexibility index (Phi) is 4.04. The minimum atomic E-state index is -0.272. The molecule has 1 atom stereocenters. The minimum absolute atomic E-state index is 0.00436. The van der Waals surface area contributed by atoms with E-state index in [1.54, 1.807) is 4.90 Å². The zero-order chi connectivity index (χ0) is 16.5. The monoisotopic (exact) mass is 330 g/mol. The molecule has 6 heteroatoms. The van der Waals surface area contributed by atoms with E-state index in [2.05, 4.69) is 5.32 Å². The van der Waals surface area contributed by atoms with Crippen molar-refractivity contribution in [1.82, 2.24) is 5.32 Å². The van der Waals surface area contributed by atoms with Gasteiger partial charge in [-0.3, -0.25) is 9.59 Å². The lowest BCUT2D eigenvalue weighted by atomic mass is 9.85. The fourth-order valence-electron chi connectivity index (χ4n) is 3.42. The molecule has 1 N–H and O–H groups in total. The summed E-state index contributed by atoms with van der Waals surface area (Å²) < 4.78 is 11.1. The molecule has 2 aliphatic heterocycles. The molecule has 1 saturated carbocycles. The number of hydrogen-bond donors (Lipinski definition) is 1. The van der Waals surface area contributed by atoms with E-state index < -0.39 is 0 Å². The normalized spacial score (nSPS) is 23.1. The van der Waals surface area contributed by atoms with Crippen molar-refractivity contribution in [2.75, 3.05) is 31.2 Å². The number of carbonyl (C=O) groups excluding carboxylic acids is 2. The summed E-state index contributed by atoms with van der Waals surface area (Å²) in [6, 6.07) is 5.49. The predicted molar refractivity (Wildman–Crippen MR) is 88.2 cm³/mol. The number of nitrogens with zero attached hydrogens (tertiary/aromatic N) is 1. The molecule has 0 unspecified atom stereocenters. The minimum Gasteiger partial charge on any atom is -0.486 e. The quantitative estimate of drug-likeness (QED) is 0.913. The van der Waals surface area contributed by atoms with Crippen LogP contribution in [-0.4, -0.2) is 38.1 Å². The summed E-state index contributed by atoms with van der Waals surface area (Å²) in [4.78, 5) is 26.3. The number of amides is 2. The van der Waals surface area contributed by atoms with E-state index >= 15 is 0 Å². The Bertz CT molecular complexity index is 656. The fraction of sp³-hybridized carbons (Fsp3) is 0.556. The molecular weight excluding hydrogens is 308 g/mol. The molecule has 0 radical (unpaired) electrons. The highest BCUT2D eigenvalue weighted by Gasteiger charge is 2.35. The van der Waals surface area contributed by atoms with Crippen LogP contribution >= 0.6 is 0 Å². The number of hydrogen-bond acceptors (Lipinski definition) is 4. The number of carbonyl (C=O) groups is 2. The SMILES string of the molecule is O=C(NCC1CCC1)[C@@H]1CC(=O)N(c2ccc3c(c2)OCCO3)C1. The first-order valence-electron chi connectivity index (χ1n) is 8.68. The van der Waals surface area contributed by atoms with Crippen molar-refractivity contribution in [3.05, 3.63) is 18.2 Å². The third-order valence-corrected chi connectivity index (χ3v) is 5.12. The lowest BCUT2D eigenvalue weighted by molar-refractivity contribution is -0.126. The predicted octanol–water partition coefficient (Wildman–Crippen LogP) is 1.73. The molecule has 0 aromatic heterocycles. The Morgan fingerprint density at radius 3 is 2.75 bits per heavy atom. The van der Waals surface area contributed by atoms with Crippen LogP contribution < -0.4 is 19.7 Å². The van der Waals surface area contributed by atoms with Gasteiger partial charge in [0, 0.05) is 31.3 Å². The Labute approximate surface area is 141 Å². The van der Waals surface area contributed by atoms with E-state index in [1.807, 2.05) is 18.2 Å². The lowest BCUT2D eigenvalue weighted by Crippen LogP contribution is -2.37. The van der Waals surface area contributed by atoms with Gasteiger partial charge in [0.05, 0.1) is 5.92 Å². The summed E-state index contributed by atoms with van der Waals surface area (Å²) in [5.41, 5.74) is 0.763. The molecule has 2 amide bonds. The van der Waals surface area contributed by atoms with Gasteiger partial charge < -0.3 is 19.7 Å². The number of ether oxygens (including phenoxy) is 2. The molecule has 128 valence electrons. The Balaban J connectivity index is 1.41. The maximum atomic E-state index is 12.3. The summed E-state index contributed by atoms with van der Waals surface area (Å²) in [5.74, 6) is 1.69. The van der Waals surface area contributed by atoms with Crippen molar-refractivity contribution in [1.29, 1.82) is 0 Å². The van der Waals surface area contributed by atoms with Crippen LogP contribution in [0, 0.1) is 11.8 Å². The van der Waals surface area contributed by atoms with Crippen molar-refractivity contribution in [2.24, 2.45) is 11.8 Å². The maximum Gasteiger partial charge on any atom is 0.227 e. The van der Waals surface area contributed by atoms with E-state index in [0.717, 1.165) is 12.2 Å². The molecule has 4 rings (SSSR count). The zero-order valence-electron chi connectivity index (χ0n) is 13.6. The number of rotatable bonds is 4. The Morgan fingerprint density at radius 1 is 1.21 bits per heavy atom. The summed E-state index contributed by atoms with van der Waals surface area (Å²) in [6.45, 7) is 2.22. The van der Waals surface area contributed by atoms with Gasteiger partial charge in [0.15, 0.2) is 11.5 Å². The Hall–Kier alpha value is -2.24. The molecular formula is C18H22N2O4. The first-order valence-corrected chi connectivity index (χ1v) is 8.68. The van der Waals surface area contributed by atoms with Crippen molar-refractivity contribution >= 4 is 17.5 Å². The van der Waals surface area contributed by atoms with E-state index in [9.17, 15) is 9.59 Å². The second-order valence-corrected chi connectivity index (χ2v) is 6.78. The molecule has 1 aromatic carbocycles. The average Bonchev–Trinajstić information content (AvgIpc) is 2.95. The van der Waals surface area contributed by atoms with Crippen LogP contribution in [0.5, 0.6) is 11.5 Å². The first kappa shape index (κ1) is 15.3. The smallest absolute Gasteiger partial charge is 0.227 e. The molecule has 1 aliphatic carbocycles. The van der Waals surface area contributed by atoms with Crippen molar-refractivity contribution < 1.29 is 19.1 Å². The van der Waals surface area contributed by atoms with Crippen LogP contribution in [0.25, 0.3) is 0 Å². The molecule has 3 aliphatic rings. The highest BCUT2D eigenvalue weighted by molar-refractivity contribution is 6.00. The van der Waals surface area contributed by atoms with Gasteiger partial charge in [0.2, 0.25) is 11.8 Å². The molecule has 6 nitrogen and oxygen atoms in total. The number of nitrogens with one attached hydrogen (secondary N) is 1. The zero-order valence-corrected chi connectivity index (χ0v) is 13.6. The molecule has 2 fully saturated rings. The second kappa shape index (κ2) is 6.34. The molecule has 0 spiro atoms. The summed E-state index contributed by atoms with van der Waals surface area (Å²) in [6.07, 6.45) is 3.94. The topological polar surface area (TPSA) is 67.9 Å². The van der Waals surface area contributed by atoms with E-state index in [-0.39, 0.29) is 24.2 Å². The van der Waals surface area contributed by atoms with Crippen LogP contribution in [0.1, 0.15) is 25.7 Å². The van der Waals surface area contributed by atoms with E-state index in [4.69, 9.17) is 9.47 Å². The standard InChI is InChI=1S/C18H22N2O4/c21-17-8-13(18(22)19-10-12-2-1-3-12)11-20(17)14-4-5-15-16(9-14)24-7-6-23-15/h4-5,9,12-13H,1-3,6-8,10-11H2,(H,19,22)/t13-/m1/s1. The molecule has 0 bridgehead atoms. The third-order valence-electron chi connectivity index (χ3n) is 5.12. The van der Waals surface area contributed by atoms with Crippen LogP contribution in [-0.2, 0) is 9.59 Å².